The predicted molar refractivity (Wildman–Crippen MR) is 36.1 cm³/mol. The molecule has 0 aliphatic rings. The minimum atomic E-state index is -1.03. The Kier molecular flexibility index (Phi) is 3.80. The number of hydrogen-bond donors (Lipinski definition) is 1. The van der Waals surface area contributed by atoms with E-state index >= 15 is 0 Å². The van der Waals surface area contributed by atoms with Gasteiger partial charge in [0.1, 0.15) is 0 Å². The van der Waals surface area contributed by atoms with Crippen molar-refractivity contribution < 1.29 is 24.2 Å². The molecule has 0 saturated heterocycles. The summed E-state index contributed by atoms with van der Waals surface area (Å²) in [7, 11) is -1.03. The second kappa shape index (κ2) is 3.55. The fraction of sp³-hybridized carbons (Fsp3) is 0.600. The molecule has 0 aromatic rings. The predicted octanol–water partition coefficient (Wildman–Crippen LogP) is 0.873. The van der Waals surface area contributed by atoms with E-state index in [1.807, 2.05) is 6.20 Å². The van der Waals surface area contributed by atoms with Crippen LogP contribution in [0.15, 0.2) is 6.20 Å². The van der Waals surface area contributed by atoms with Crippen molar-refractivity contribution in [2.24, 2.45) is 0 Å². The summed E-state index contributed by atoms with van der Waals surface area (Å²) >= 11 is 1.34. The standard InChI is InChI=1S/C5H11NSi.Zr/c1-5-6-7(2,3)4;/h5-6H,2-4H3;. The summed E-state index contributed by atoms with van der Waals surface area (Å²) in [6.45, 7) is 6.78. The molecule has 0 aromatic heterocycles. The quantitative estimate of drug-likeness (QED) is 0.658. The van der Waals surface area contributed by atoms with Crippen LogP contribution in [0.4, 0.5) is 0 Å². The summed E-state index contributed by atoms with van der Waals surface area (Å²) in [5.41, 5.74) is 0. The van der Waals surface area contributed by atoms with Crippen molar-refractivity contribution in [3.63, 3.8) is 0 Å². The third kappa shape index (κ3) is 6.55. The molecule has 0 aliphatic carbocycles. The Morgan fingerprint density at radius 3 is 2.12 bits per heavy atom. The van der Waals surface area contributed by atoms with E-state index in [1.54, 1.807) is 0 Å². The Morgan fingerprint density at radius 1 is 1.50 bits per heavy atom. The van der Waals surface area contributed by atoms with Gasteiger partial charge in [-0.25, -0.2) is 0 Å². The molecule has 0 fully saturated rings. The molecule has 1 N–H and O–H groups in total. The first-order chi connectivity index (χ1) is 3.56. The van der Waals surface area contributed by atoms with Crippen molar-refractivity contribution in [2.45, 2.75) is 19.6 Å². The molecule has 0 spiro atoms. The maximum absolute atomic E-state index is 3.30. The van der Waals surface area contributed by atoms with E-state index in [4.69, 9.17) is 0 Å². The molecule has 3 heteroatoms. The van der Waals surface area contributed by atoms with E-state index in [-0.39, 0.29) is 0 Å². The summed E-state index contributed by atoms with van der Waals surface area (Å²) in [5.74, 6) is 0. The van der Waals surface area contributed by atoms with Gasteiger partial charge in [0.15, 0.2) is 0 Å². The van der Waals surface area contributed by atoms with Crippen molar-refractivity contribution in [1.29, 1.82) is 0 Å². The summed E-state index contributed by atoms with van der Waals surface area (Å²) in [5, 5.41) is 0. The average molecular weight is 204 g/mol. The first kappa shape index (κ1) is 8.55. The number of hydrogen-bond acceptors (Lipinski definition) is 1. The first-order valence-corrected chi connectivity index (χ1v) is 7.31. The van der Waals surface area contributed by atoms with E-state index in [9.17, 15) is 0 Å². The third-order valence-corrected chi connectivity index (χ3v) is 1.94. The average Bonchev–Trinajstić information content (AvgIpc) is 1.59. The van der Waals surface area contributed by atoms with E-state index < -0.39 is 8.24 Å². The van der Waals surface area contributed by atoms with E-state index in [0.29, 0.717) is 0 Å². The van der Waals surface area contributed by atoms with Crippen molar-refractivity contribution >= 4 is 11.6 Å². The van der Waals surface area contributed by atoms with Crippen molar-refractivity contribution in [3.8, 4) is 0 Å². The first-order valence-electron chi connectivity index (χ1n) is 2.58. The summed E-state index contributed by atoms with van der Waals surface area (Å²) in [4.78, 5) is 3.30. The monoisotopic (exact) mass is 203 g/mol. The van der Waals surface area contributed by atoms with Gasteiger partial charge in [0.05, 0.1) is 0 Å². The fourth-order valence-corrected chi connectivity index (χ4v) is 1.29. The van der Waals surface area contributed by atoms with Gasteiger partial charge in [0.2, 0.25) is 0 Å². The van der Waals surface area contributed by atoms with Gasteiger partial charge in [0.25, 0.3) is 0 Å². The zero-order chi connectivity index (χ0) is 6.62. The van der Waals surface area contributed by atoms with Gasteiger partial charge in [-0.15, -0.1) is 0 Å². The maximum atomic E-state index is 3.30. The molecule has 0 atom stereocenters. The van der Waals surface area contributed by atoms with E-state index in [2.05, 4.69) is 28.0 Å². The molecule has 0 aliphatic heterocycles. The van der Waals surface area contributed by atoms with Gasteiger partial charge in [-0.3, -0.25) is 0 Å². The topological polar surface area (TPSA) is 12.0 Å². The fourth-order valence-electron chi connectivity index (χ4n) is 0.253. The van der Waals surface area contributed by atoms with Crippen LogP contribution in [0.25, 0.3) is 0 Å². The molecule has 8 heavy (non-hydrogen) atoms. The van der Waals surface area contributed by atoms with E-state index in [0.717, 1.165) is 0 Å². The van der Waals surface area contributed by atoms with Crippen LogP contribution < -0.4 is 4.98 Å². The minimum absolute atomic E-state index is 1.03. The molecule has 0 bridgehead atoms. The number of rotatable bonds is 2. The molecule has 1 nitrogen and oxygen atoms in total. The third-order valence-electron chi connectivity index (χ3n) is 0.577. The molecule has 0 heterocycles. The van der Waals surface area contributed by atoms with Crippen LogP contribution in [-0.2, 0) is 24.2 Å². The van der Waals surface area contributed by atoms with Crippen LogP contribution in [0.2, 0.25) is 19.6 Å². The molecule has 0 saturated carbocycles. The Hall–Kier alpha value is 0.550. The van der Waals surface area contributed by atoms with Gasteiger partial charge in [-0.05, 0) is 0 Å². The zero-order valence-electron chi connectivity index (χ0n) is 5.58. The van der Waals surface area contributed by atoms with Gasteiger partial charge >= 0.3 is 66.7 Å². The van der Waals surface area contributed by atoms with Gasteiger partial charge in [0, 0.05) is 0 Å². The van der Waals surface area contributed by atoms with Crippen molar-refractivity contribution in [3.05, 3.63) is 6.20 Å². The molecular weight excluding hydrogens is 193 g/mol. The van der Waals surface area contributed by atoms with Crippen LogP contribution in [0.1, 0.15) is 0 Å². The summed E-state index contributed by atoms with van der Waals surface area (Å²) in [6, 6.07) is 0. The Morgan fingerprint density at radius 2 is 2.00 bits per heavy atom. The van der Waals surface area contributed by atoms with Gasteiger partial charge in [-0.1, -0.05) is 0 Å². The van der Waals surface area contributed by atoms with E-state index in [1.165, 1.54) is 24.2 Å². The Labute approximate surface area is 66.6 Å². The van der Waals surface area contributed by atoms with Gasteiger partial charge in [-0.2, -0.15) is 0 Å². The van der Waals surface area contributed by atoms with Crippen LogP contribution in [0.5, 0.6) is 0 Å². The van der Waals surface area contributed by atoms with Crippen LogP contribution in [0, 0.1) is 0 Å². The molecular formula is C5H11NSiZr. The van der Waals surface area contributed by atoms with Crippen LogP contribution in [-0.4, -0.2) is 11.6 Å². The molecule has 44 valence electrons. The zero-order valence-corrected chi connectivity index (χ0v) is 9.04. The Balaban J connectivity index is 3.55. The SMILES string of the molecule is C[Si](C)(C)NC=[C]=[Zr]. The van der Waals surface area contributed by atoms with Crippen LogP contribution >= 0.6 is 0 Å². The molecule has 0 amide bonds. The molecule has 0 aromatic carbocycles. The number of nitrogens with one attached hydrogen (secondary N) is 1. The van der Waals surface area contributed by atoms with Crippen molar-refractivity contribution in [1.82, 2.24) is 4.98 Å². The molecule has 0 unspecified atom stereocenters. The summed E-state index contributed by atoms with van der Waals surface area (Å²) in [6.07, 6.45) is 1.94. The summed E-state index contributed by atoms with van der Waals surface area (Å²) < 4.78 is 3.01. The van der Waals surface area contributed by atoms with Gasteiger partial charge < -0.3 is 0 Å². The van der Waals surface area contributed by atoms with Crippen LogP contribution in [0.3, 0.4) is 0 Å². The second-order valence-corrected chi connectivity index (χ2v) is 8.18. The molecule has 0 rings (SSSR count). The normalized spacial score (nSPS) is 9.75. The second-order valence-electron chi connectivity index (χ2n) is 2.68. The molecule has 0 radical (unpaired) electrons. The Bertz CT molecular complexity index is 110. The van der Waals surface area contributed by atoms with Crippen molar-refractivity contribution in [2.75, 3.05) is 0 Å².